The highest BCUT2D eigenvalue weighted by Gasteiger charge is 2.25. The molecule has 2 rings (SSSR count). The summed E-state index contributed by atoms with van der Waals surface area (Å²) in [6, 6.07) is 5.72. The van der Waals surface area contributed by atoms with Crippen molar-refractivity contribution < 1.29 is 9.13 Å². The third kappa shape index (κ3) is 2.98. The van der Waals surface area contributed by atoms with Crippen LogP contribution in [0, 0.1) is 11.7 Å². The summed E-state index contributed by atoms with van der Waals surface area (Å²) in [5.41, 5.74) is 0.741. The summed E-state index contributed by atoms with van der Waals surface area (Å²) < 4.78 is 19.1. The van der Waals surface area contributed by atoms with Crippen LogP contribution in [0.15, 0.2) is 18.2 Å². The predicted octanol–water partition coefficient (Wildman–Crippen LogP) is 2.72. The first-order valence-corrected chi connectivity index (χ1v) is 7.48. The maximum absolute atomic E-state index is 14.1. The van der Waals surface area contributed by atoms with Gasteiger partial charge in [0.15, 0.2) is 11.6 Å². The van der Waals surface area contributed by atoms with E-state index < -0.39 is 0 Å². The molecular weight excluding hydrogens is 249 g/mol. The maximum Gasteiger partial charge on any atom is 0.168 e. The van der Waals surface area contributed by atoms with Gasteiger partial charge in [-0.15, -0.1) is 0 Å². The van der Waals surface area contributed by atoms with Gasteiger partial charge in [-0.05, 0) is 48.9 Å². The van der Waals surface area contributed by atoms with Gasteiger partial charge in [0.05, 0.1) is 7.11 Å². The molecule has 1 aliphatic heterocycles. The summed E-state index contributed by atoms with van der Waals surface area (Å²) in [5.74, 6) is 3.17. The number of ether oxygens (including phenoxy) is 1. The van der Waals surface area contributed by atoms with Crippen LogP contribution < -0.4 is 10.1 Å². The fraction of sp³-hybridized carbons (Fsp3) is 0.571. The van der Waals surface area contributed by atoms with Gasteiger partial charge in [-0.3, -0.25) is 0 Å². The molecular formula is C14H20FNOS. The molecule has 1 fully saturated rings. The number of likely N-dealkylation sites (N-methyl/N-ethyl adjacent to an activating group) is 1. The van der Waals surface area contributed by atoms with Crippen LogP contribution in [0.4, 0.5) is 4.39 Å². The molecule has 0 bridgehead atoms. The van der Waals surface area contributed by atoms with E-state index in [1.807, 2.05) is 30.9 Å². The topological polar surface area (TPSA) is 21.3 Å². The third-order valence-corrected chi connectivity index (χ3v) is 4.80. The Kier molecular flexibility index (Phi) is 4.89. The van der Waals surface area contributed by atoms with Gasteiger partial charge < -0.3 is 10.1 Å². The first kappa shape index (κ1) is 13.7. The number of hydrogen-bond donors (Lipinski definition) is 1. The average molecular weight is 269 g/mol. The molecule has 1 N–H and O–H groups in total. The number of methoxy groups -OCH3 is 1. The summed E-state index contributed by atoms with van der Waals surface area (Å²) in [6.07, 6.45) is 1.95. The van der Waals surface area contributed by atoms with Crippen LogP contribution in [-0.4, -0.2) is 31.7 Å². The van der Waals surface area contributed by atoms with Crippen LogP contribution in [0.1, 0.15) is 12.0 Å². The summed E-state index contributed by atoms with van der Waals surface area (Å²) in [6.45, 7) is 0. The van der Waals surface area contributed by atoms with E-state index in [-0.39, 0.29) is 5.82 Å². The minimum absolute atomic E-state index is 0.217. The summed E-state index contributed by atoms with van der Waals surface area (Å²) >= 11 is 1.99. The number of nitrogens with one attached hydrogen (secondary N) is 1. The lowest BCUT2D eigenvalue weighted by Crippen LogP contribution is -2.35. The van der Waals surface area contributed by atoms with E-state index in [0.29, 0.717) is 17.7 Å². The first-order chi connectivity index (χ1) is 8.76. The molecule has 0 aliphatic carbocycles. The lowest BCUT2D eigenvalue weighted by molar-refractivity contribution is 0.373. The monoisotopic (exact) mass is 269 g/mol. The highest BCUT2D eigenvalue weighted by molar-refractivity contribution is 7.99. The van der Waals surface area contributed by atoms with Crippen LogP contribution in [0.25, 0.3) is 0 Å². The van der Waals surface area contributed by atoms with E-state index in [2.05, 4.69) is 5.32 Å². The van der Waals surface area contributed by atoms with Crippen molar-refractivity contribution >= 4 is 11.8 Å². The zero-order valence-electron chi connectivity index (χ0n) is 10.9. The van der Waals surface area contributed by atoms with Gasteiger partial charge in [-0.1, -0.05) is 12.1 Å². The van der Waals surface area contributed by atoms with Gasteiger partial charge in [0.1, 0.15) is 0 Å². The smallest absolute Gasteiger partial charge is 0.168 e. The number of hydrogen-bond acceptors (Lipinski definition) is 3. The molecule has 1 aliphatic rings. The number of thioether (sulfide) groups is 1. The Labute approximate surface area is 112 Å². The average Bonchev–Trinajstić information content (AvgIpc) is 2.91. The maximum atomic E-state index is 14.1. The van der Waals surface area contributed by atoms with Gasteiger partial charge >= 0.3 is 0 Å². The lowest BCUT2D eigenvalue weighted by atomic mass is 9.93. The van der Waals surface area contributed by atoms with Gasteiger partial charge in [-0.2, -0.15) is 11.8 Å². The molecule has 0 aromatic heterocycles. The number of benzene rings is 1. The van der Waals surface area contributed by atoms with E-state index in [9.17, 15) is 4.39 Å². The molecule has 100 valence electrons. The molecule has 2 atom stereocenters. The van der Waals surface area contributed by atoms with Gasteiger partial charge in [0.25, 0.3) is 0 Å². The second kappa shape index (κ2) is 6.43. The summed E-state index contributed by atoms with van der Waals surface area (Å²) in [5, 5.41) is 3.34. The minimum atomic E-state index is -0.217. The standard InChI is InChI=1S/C14H20FNOS/c1-16-12(11-6-7-18-9-11)8-10-4-3-5-13(17-2)14(10)15/h3-5,11-12,16H,6-9H2,1-2H3. The highest BCUT2D eigenvalue weighted by Crippen LogP contribution is 2.29. The molecule has 2 unspecified atom stereocenters. The molecule has 1 heterocycles. The first-order valence-electron chi connectivity index (χ1n) is 6.32. The fourth-order valence-electron chi connectivity index (χ4n) is 2.48. The van der Waals surface area contributed by atoms with Crippen LogP contribution in [0.2, 0.25) is 0 Å². The molecule has 0 radical (unpaired) electrons. The Bertz CT molecular complexity index is 393. The normalized spacial score (nSPS) is 20.9. The van der Waals surface area contributed by atoms with Crippen molar-refractivity contribution in [3.05, 3.63) is 29.6 Å². The Morgan fingerprint density at radius 2 is 2.39 bits per heavy atom. The molecule has 0 amide bonds. The Morgan fingerprint density at radius 1 is 1.56 bits per heavy atom. The molecule has 1 aromatic carbocycles. The molecule has 0 saturated carbocycles. The summed E-state index contributed by atoms with van der Waals surface area (Å²) in [4.78, 5) is 0. The van der Waals surface area contributed by atoms with Crippen LogP contribution in [0.3, 0.4) is 0 Å². The molecule has 4 heteroatoms. The Hall–Kier alpha value is -0.740. The zero-order valence-corrected chi connectivity index (χ0v) is 11.7. The van der Waals surface area contributed by atoms with Crippen LogP contribution in [0.5, 0.6) is 5.75 Å². The SMILES string of the molecule is CNC(Cc1cccc(OC)c1F)C1CCSC1. The van der Waals surface area contributed by atoms with E-state index in [1.165, 1.54) is 25.0 Å². The largest absolute Gasteiger partial charge is 0.494 e. The van der Waals surface area contributed by atoms with Crippen molar-refractivity contribution in [3.63, 3.8) is 0 Å². The van der Waals surface area contributed by atoms with E-state index in [4.69, 9.17) is 4.74 Å². The fourth-order valence-corrected chi connectivity index (χ4v) is 3.82. The molecule has 0 spiro atoms. The zero-order chi connectivity index (χ0) is 13.0. The minimum Gasteiger partial charge on any atom is -0.494 e. The molecule has 2 nitrogen and oxygen atoms in total. The third-order valence-electron chi connectivity index (χ3n) is 3.61. The predicted molar refractivity (Wildman–Crippen MR) is 74.9 cm³/mol. The van der Waals surface area contributed by atoms with Gasteiger partial charge in [0, 0.05) is 6.04 Å². The Morgan fingerprint density at radius 3 is 3.00 bits per heavy atom. The molecule has 18 heavy (non-hydrogen) atoms. The number of rotatable bonds is 5. The van der Waals surface area contributed by atoms with Crippen molar-refractivity contribution in [3.8, 4) is 5.75 Å². The van der Waals surface area contributed by atoms with E-state index >= 15 is 0 Å². The van der Waals surface area contributed by atoms with Crippen molar-refractivity contribution in [2.75, 3.05) is 25.7 Å². The second-order valence-electron chi connectivity index (χ2n) is 4.66. The highest BCUT2D eigenvalue weighted by atomic mass is 32.2. The second-order valence-corrected chi connectivity index (χ2v) is 5.81. The number of halogens is 1. The van der Waals surface area contributed by atoms with Crippen LogP contribution >= 0.6 is 11.8 Å². The Balaban J connectivity index is 2.11. The van der Waals surface area contributed by atoms with E-state index in [1.54, 1.807) is 6.07 Å². The van der Waals surface area contributed by atoms with Gasteiger partial charge in [-0.25, -0.2) is 4.39 Å². The summed E-state index contributed by atoms with van der Waals surface area (Å²) in [7, 11) is 3.47. The lowest BCUT2D eigenvalue weighted by Gasteiger charge is -2.23. The van der Waals surface area contributed by atoms with Crippen LogP contribution in [-0.2, 0) is 6.42 Å². The quantitative estimate of drug-likeness (QED) is 0.888. The van der Waals surface area contributed by atoms with Crippen molar-refractivity contribution in [2.24, 2.45) is 5.92 Å². The van der Waals surface area contributed by atoms with Crippen molar-refractivity contribution in [1.82, 2.24) is 5.32 Å². The molecule has 1 saturated heterocycles. The van der Waals surface area contributed by atoms with Crippen molar-refractivity contribution in [2.45, 2.75) is 18.9 Å². The molecule has 1 aromatic rings. The van der Waals surface area contributed by atoms with E-state index in [0.717, 1.165) is 12.0 Å². The van der Waals surface area contributed by atoms with Gasteiger partial charge in [0.2, 0.25) is 0 Å². The van der Waals surface area contributed by atoms with Crippen molar-refractivity contribution in [1.29, 1.82) is 0 Å².